The minimum absolute atomic E-state index is 0.0652. The van der Waals surface area contributed by atoms with E-state index >= 15 is 0 Å². The molecular weight excluding hydrogens is 226 g/mol. The summed E-state index contributed by atoms with van der Waals surface area (Å²) in [6.07, 6.45) is 0. The van der Waals surface area contributed by atoms with E-state index in [2.05, 4.69) is 4.98 Å². The molecule has 0 saturated heterocycles. The van der Waals surface area contributed by atoms with Crippen LogP contribution in [0.3, 0.4) is 0 Å². The Morgan fingerprint density at radius 2 is 2.25 bits per heavy atom. The monoisotopic (exact) mass is 237 g/mol. The average Bonchev–Trinajstić information content (AvgIpc) is 2.28. The first-order valence-electron chi connectivity index (χ1n) is 5.06. The fourth-order valence-electron chi connectivity index (χ4n) is 1.72. The van der Waals surface area contributed by atoms with Gasteiger partial charge < -0.3 is 5.73 Å². The second kappa shape index (κ2) is 4.23. The number of aromatic nitrogens is 2. The molecule has 1 aromatic carbocycles. The Labute approximate surface area is 97.7 Å². The van der Waals surface area contributed by atoms with Crippen LogP contribution in [0.15, 0.2) is 23.0 Å². The van der Waals surface area contributed by atoms with Gasteiger partial charge in [-0.3, -0.25) is 9.36 Å². The molecule has 1 heterocycles. The zero-order chi connectivity index (χ0) is 11.7. The lowest BCUT2D eigenvalue weighted by atomic mass is 10.2. The Morgan fingerprint density at radius 1 is 1.50 bits per heavy atom. The minimum Gasteiger partial charge on any atom is -0.324 e. The maximum absolute atomic E-state index is 12.1. The number of halogens is 1. The molecule has 0 bridgehead atoms. The van der Waals surface area contributed by atoms with Gasteiger partial charge in [-0.15, -0.1) is 0 Å². The van der Waals surface area contributed by atoms with Crippen molar-refractivity contribution in [2.75, 3.05) is 0 Å². The third-order valence-electron chi connectivity index (χ3n) is 2.50. The van der Waals surface area contributed by atoms with Gasteiger partial charge in [0.2, 0.25) is 0 Å². The Bertz CT molecular complexity index is 592. The van der Waals surface area contributed by atoms with E-state index in [1.165, 1.54) is 0 Å². The maximum Gasteiger partial charge on any atom is 0.261 e. The van der Waals surface area contributed by atoms with E-state index in [-0.39, 0.29) is 12.1 Å². The smallest absolute Gasteiger partial charge is 0.261 e. The van der Waals surface area contributed by atoms with E-state index in [1.54, 1.807) is 22.8 Å². The maximum atomic E-state index is 12.1. The van der Waals surface area contributed by atoms with Crippen LogP contribution in [-0.4, -0.2) is 9.55 Å². The number of fused-ring (bicyclic) bond motifs is 1. The molecule has 0 aliphatic carbocycles. The molecule has 0 spiro atoms. The van der Waals surface area contributed by atoms with Gasteiger partial charge >= 0.3 is 0 Å². The number of rotatable bonds is 2. The van der Waals surface area contributed by atoms with E-state index in [0.29, 0.717) is 28.3 Å². The lowest BCUT2D eigenvalue weighted by molar-refractivity contribution is 0.657. The first-order valence-corrected chi connectivity index (χ1v) is 5.44. The van der Waals surface area contributed by atoms with E-state index in [4.69, 9.17) is 17.3 Å². The molecule has 2 N–H and O–H groups in total. The summed E-state index contributed by atoms with van der Waals surface area (Å²) in [7, 11) is 0. The third kappa shape index (κ3) is 1.70. The van der Waals surface area contributed by atoms with Crippen LogP contribution in [0.2, 0.25) is 5.02 Å². The number of benzene rings is 1. The van der Waals surface area contributed by atoms with Crippen LogP contribution in [0.25, 0.3) is 10.9 Å². The molecular formula is C11H12ClN3O. The molecule has 0 aliphatic rings. The van der Waals surface area contributed by atoms with Gasteiger partial charge in [0, 0.05) is 11.6 Å². The summed E-state index contributed by atoms with van der Waals surface area (Å²) in [4.78, 5) is 16.4. The van der Waals surface area contributed by atoms with E-state index < -0.39 is 0 Å². The summed E-state index contributed by atoms with van der Waals surface area (Å²) in [5.41, 5.74) is 6.10. The van der Waals surface area contributed by atoms with Gasteiger partial charge in [0.15, 0.2) is 0 Å². The second-order valence-corrected chi connectivity index (χ2v) is 3.88. The summed E-state index contributed by atoms with van der Waals surface area (Å²) in [6.45, 7) is 2.70. The SMILES string of the molecule is CCn1c(CN)nc2cc(Cl)ccc2c1=O. The first kappa shape index (κ1) is 11.1. The fourth-order valence-corrected chi connectivity index (χ4v) is 1.89. The van der Waals surface area contributed by atoms with Crippen molar-refractivity contribution >= 4 is 22.5 Å². The Morgan fingerprint density at radius 3 is 2.88 bits per heavy atom. The van der Waals surface area contributed by atoms with Crippen molar-refractivity contribution in [3.63, 3.8) is 0 Å². The van der Waals surface area contributed by atoms with Gasteiger partial charge in [-0.25, -0.2) is 4.98 Å². The predicted molar refractivity (Wildman–Crippen MR) is 64.6 cm³/mol. The molecule has 1 aromatic heterocycles. The summed E-state index contributed by atoms with van der Waals surface area (Å²) >= 11 is 5.86. The predicted octanol–water partition coefficient (Wildman–Crippen LogP) is 1.53. The quantitative estimate of drug-likeness (QED) is 0.862. The van der Waals surface area contributed by atoms with E-state index in [0.717, 1.165) is 0 Å². The van der Waals surface area contributed by atoms with Crippen LogP contribution in [0.4, 0.5) is 0 Å². The van der Waals surface area contributed by atoms with Gasteiger partial charge in [0.25, 0.3) is 5.56 Å². The molecule has 5 heteroatoms. The van der Waals surface area contributed by atoms with Crippen LogP contribution >= 0.6 is 11.6 Å². The van der Waals surface area contributed by atoms with Gasteiger partial charge in [-0.05, 0) is 25.1 Å². The van der Waals surface area contributed by atoms with Gasteiger partial charge in [-0.2, -0.15) is 0 Å². The van der Waals surface area contributed by atoms with Crippen LogP contribution in [-0.2, 0) is 13.1 Å². The molecule has 0 fully saturated rings. The summed E-state index contributed by atoms with van der Waals surface area (Å²) in [5.74, 6) is 0.585. The van der Waals surface area contributed by atoms with Crippen molar-refractivity contribution in [1.82, 2.24) is 9.55 Å². The normalized spacial score (nSPS) is 10.9. The fraction of sp³-hybridized carbons (Fsp3) is 0.273. The van der Waals surface area contributed by atoms with Crippen LogP contribution in [0.5, 0.6) is 0 Å². The molecule has 84 valence electrons. The Kier molecular flexibility index (Phi) is 2.94. The zero-order valence-corrected chi connectivity index (χ0v) is 9.66. The highest BCUT2D eigenvalue weighted by atomic mass is 35.5. The van der Waals surface area contributed by atoms with Crippen molar-refractivity contribution in [3.05, 3.63) is 39.4 Å². The number of hydrogen-bond acceptors (Lipinski definition) is 3. The van der Waals surface area contributed by atoms with Crippen molar-refractivity contribution in [2.24, 2.45) is 5.73 Å². The number of nitrogens with zero attached hydrogens (tertiary/aromatic N) is 2. The van der Waals surface area contributed by atoms with Gasteiger partial charge in [-0.1, -0.05) is 11.6 Å². The Balaban J connectivity index is 2.87. The molecule has 0 atom stereocenters. The van der Waals surface area contributed by atoms with Crippen molar-refractivity contribution < 1.29 is 0 Å². The first-order chi connectivity index (χ1) is 7.67. The Hall–Kier alpha value is -1.39. The van der Waals surface area contributed by atoms with Crippen molar-refractivity contribution in [1.29, 1.82) is 0 Å². The summed E-state index contributed by atoms with van der Waals surface area (Å²) < 4.78 is 1.58. The molecule has 0 unspecified atom stereocenters. The zero-order valence-electron chi connectivity index (χ0n) is 8.90. The third-order valence-corrected chi connectivity index (χ3v) is 2.73. The molecule has 0 radical (unpaired) electrons. The largest absolute Gasteiger partial charge is 0.324 e. The van der Waals surface area contributed by atoms with Crippen LogP contribution < -0.4 is 11.3 Å². The molecule has 0 amide bonds. The molecule has 4 nitrogen and oxygen atoms in total. The highest BCUT2D eigenvalue weighted by Crippen LogP contribution is 2.15. The summed E-state index contributed by atoms with van der Waals surface area (Å²) in [6, 6.07) is 5.06. The number of hydrogen-bond donors (Lipinski definition) is 1. The molecule has 0 aliphatic heterocycles. The minimum atomic E-state index is -0.0652. The number of nitrogens with two attached hydrogens (primary N) is 1. The second-order valence-electron chi connectivity index (χ2n) is 3.44. The van der Waals surface area contributed by atoms with Gasteiger partial charge in [0.1, 0.15) is 5.82 Å². The van der Waals surface area contributed by atoms with E-state index in [9.17, 15) is 4.79 Å². The summed E-state index contributed by atoms with van der Waals surface area (Å²) in [5, 5.41) is 1.14. The van der Waals surface area contributed by atoms with Gasteiger partial charge in [0.05, 0.1) is 17.4 Å². The van der Waals surface area contributed by atoms with Crippen molar-refractivity contribution in [2.45, 2.75) is 20.0 Å². The highest BCUT2D eigenvalue weighted by molar-refractivity contribution is 6.31. The average molecular weight is 238 g/mol. The molecule has 2 rings (SSSR count). The standard InChI is InChI=1S/C11H12ClN3O/c1-2-15-10(6-13)14-9-5-7(12)3-4-8(9)11(15)16/h3-5H,2,6,13H2,1H3. The van der Waals surface area contributed by atoms with Crippen LogP contribution in [0.1, 0.15) is 12.7 Å². The molecule has 16 heavy (non-hydrogen) atoms. The molecule has 0 saturated carbocycles. The lowest BCUT2D eigenvalue weighted by Crippen LogP contribution is -2.26. The topological polar surface area (TPSA) is 60.9 Å². The highest BCUT2D eigenvalue weighted by Gasteiger charge is 2.08. The molecule has 2 aromatic rings. The lowest BCUT2D eigenvalue weighted by Gasteiger charge is -2.09. The van der Waals surface area contributed by atoms with E-state index in [1.807, 2.05) is 6.92 Å². The van der Waals surface area contributed by atoms with Crippen molar-refractivity contribution in [3.8, 4) is 0 Å². The van der Waals surface area contributed by atoms with Crippen LogP contribution in [0, 0.1) is 0 Å².